The van der Waals surface area contributed by atoms with Gasteiger partial charge in [0.25, 0.3) is 0 Å². The number of fused-ring (bicyclic) bond motifs is 1. The number of H-pyrrole nitrogens is 1. The number of rotatable bonds is 3. The maximum Gasteiger partial charge on any atom is 0.151 e. The Morgan fingerprint density at radius 2 is 2.26 bits per heavy atom. The van der Waals surface area contributed by atoms with Gasteiger partial charge in [0.2, 0.25) is 0 Å². The Bertz CT molecular complexity index is 585. The Labute approximate surface area is 110 Å². The molecule has 5 N–H and O–H groups in total. The zero-order valence-electron chi connectivity index (χ0n) is 10.5. The molecule has 0 saturated carbocycles. The van der Waals surface area contributed by atoms with E-state index in [1.165, 1.54) is 6.33 Å². The van der Waals surface area contributed by atoms with E-state index in [-0.39, 0.29) is 12.5 Å². The van der Waals surface area contributed by atoms with Crippen LogP contribution in [0.2, 0.25) is 0 Å². The molecule has 1 aliphatic rings. The molecule has 2 aromatic heterocycles. The van der Waals surface area contributed by atoms with Gasteiger partial charge in [0, 0.05) is 43.9 Å². The number of aliphatic hydroxyl groups is 2. The van der Waals surface area contributed by atoms with Crippen LogP contribution in [0.5, 0.6) is 0 Å². The van der Waals surface area contributed by atoms with Crippen molar-refractivity contribution >= 4 is 16.9 Å². The highest BCUT2D eigenvalue weighted by Gasteiger charge is 2.30. The number of β-amino-alcohol motifs (C(OH)–C–C–N with tert-alkyl or cyclic N) is 1. The van der Waals surface area contributed by atoms with Crippen molar-refractivity contribution in [3.63, 3.8) is 0 Å². The molecule has 0 bridgehead atoms. The smallest absolute Gasteiger partial charge is 0.151 e. The fourth-order valence-corrected chi connectivity index (χ4v) is 2.62. The van der Waals surface area contributed by atoms with Crippen molar-refractivity contribution in [3.05, 3.63) is 18.1 Å². The molecule has 7 heteroatoms. The summed E-state index contributed by atoms with van der Waals surface area (Å²) < 4.78 is 0. The predicted molar refractivity (Wildman–Crippen MR) is 70.2 cm³/mol. The van der Waals surface area contributed by atoms with Crippen molar-refractivity contribution in [1.82, 2.24) is 19.9 Å². The summed E-state index contributed by atoms with van der Waals surface area (Å²) in [7, 11) is 0. The van der Waals surface area contributed by atoms with Crippen LogP contribution in [0.15, 0.2) is 12.5 Å². The number of aliphatic hydroxyl groups excluding tert-OH is 2. The number of hydrogen-bond donors (Lipinski definition) is 4. The van der Waals surface area contributed by atoms with Crippen molar-refractivity contribution in [1.29, 1.82) is 0 Å². The van der Waals surface area contributed by atoms with Gasteiger partial charge < -0.3 is 20.9 Å². The minimum Gasteiger partial charge on any atom is -0.396 e. The lowest BCUT2D eigenvalue weighted by Crippen LogP contribution is -2.21. The van der Waals surface area contributed by atoms with Gasteiger partial charge in [0.05, 0.1) is 11.6 Å². The molecule has 2 atom stereocenters. The first-order valence-electron chi connectivity index (χ1n) is 6.26. The molecule has 1 unspecified atom stereocenters. The largest absolute Gasteiger partial charge is 0.396 e. The van der Waals surface area contributed by atoms with E-state index in [1.807, 2.05) is 6.20 Å². The van der Waals surface area contributed by atoms with Crippen LogP contribution in [-0.2, 0) is 6.54 Å². The molecule has 1 saturated heterocycles. The van der Waals surface area contributed by atoms with Crippen LogP contribution in [0.4, 0.5) is 5.82 Å². The first-order chi connectivity index (χ1) is 9.19. The number of nitrogens with two attached hydrogens (primary N) is 1. The molecule has 1 aliphatic heterocycles. The number of aromatic amines is 1. The molecule has 3 rings (SSSR count). The Morgan fingerprint density at radius 1 is 1.42 bits per heavy atom. The lowest BCUT2D eigenvalue weighted by Gasteiger charge is -2.14. The van der Waals surface area contributed by atoms with E-state index in [1.54, 1.807) is 0 Å². The summed E-state index contributed by atoms with van der Waals surface area (Å²) in [5, 5.41) is 18.9. The minimum atomic E-state index is -0.463. The maximum absolute atomic E-state index is 9.79. The SMILES string of the molecule is Nc1ncnc2c(CN3CC(O)[C@@H](CO)C3)c[nH]c12. The second-order valence-electron chi connectivity index (χ2n) is 5.00. The Kier molecular flexibility index (Phi) is 3.09. The number of aromatic nitrogens is 3. The van der Waals surface area contributed by atoms with Crippen LogP contribution in [0.1, 0.15) is 5.56 Å². The summed E-state index contributed by atoms with van der Waals surface area (Å²) >= 11 is 0. The van der Waals surface area contributed by atoms with Crippen molar-refractivity contribution < 1.29 is 10.2 Å². The average molecular weight is 263 g/mol. The molecule has 2 aromatic rings. The Morgan fingerprint density at radius 3 is 3.00 bits per heavy atom. The average Bonchev–Trinajstić information content (AvgIpc) is 2.95. The van der Waals surface area contributed by atoms with E-state index < -0.39 is 6.10 Å². The summed E-state index contributed by atoms with van der Waals surface area (Å²) in [4.78, 5) is 13.4. The lowest BCUT2D eigenvalue weighted by atomic mass is 10.1. The molecule has 0 spiro atoms. The molecular formula is C12H17N5O2. The second-order valence-corrected chi connectivity index (χ2v) is 5.00. The topological polar surface area (TPSA) is 111 Å². The van der Waals surface area contributed by atoms with E-state index in [2.05, 4.69) is 19.9 Å². The quantitative estimate of drug-likeness (QED) is 0.584. The summed E-state index contributed by atoms with van der Waals surface area (Å²) in [5.74, 6) is 0.371. The van der Waals surface area contributed by atoms with Crippen molar-refractivity contribution in [2.24, 2.45) is 5.92 Å². The van der Waals surface area contributed by atoms with Crippen molar-refractivity contribution in [2.45, 2.75) is 12.6 Å². The minimum absolute atomic E-state index is 0.0146. The first kappa shape index (κ1) is 12.3. The molecule has 0 aliphatic carbocycles. The number of likely N-dealkylation sites (tertiary alicyclic amines) is 1. The number of anilines is 1. The third-order valence-corrected chi connectivity index (χ3v) is 3.68. The summed E-state index contributed by atoms with van der Waals surface area (Å²) in [6.07, 6.45) is 2.86. The van der Waals surface area contributed by atoms with Crippen LogP contribution in [-0.4, -0.2) is 55.9 Å². The maximum atomic E-state index is 9.79. The van der Waals surface area contributed by atoms with Gasteiger partial charge in [-0.2, -0.15) is 0 Å². The second kappa shape index (κ2) is 4.76. The summed E-state index contributed by atoms with van der Waals surface area (Å²) in [6.45, 7) is 1.94. The highest BCUT2D eigenvalue weighted by atomic mass is 16.3. The number of nitrogen functional groups attached to an aromatic ring is 1. The molecule has 0 amide bonds. The fourth-order valence-electron chi connectivity index (χ4n) is 2.62. The van der Waals surface area contributed by atoms with Gasteiger partial charge >= 0.3 is 0 Å². The molecule has 7 nitrogen and oxygen atoms in total. The number of nitrogens with one attached hydrogen (secondary N) is 1. The Hall–Kier alpha value is -1.70. The van der Waals surface area contributed by atoms with Gasteiger partial charge in [-0.15, -0.1) is 0 Å². The van der Waals surface area contributed by atoms with E-state index >= 15 is 0 Å². The zero-order valence-corrected chi connectivity index (χ0v) is 10.5. The van der Waals surface area contributed by atoms with Gasteiger partial charge in [-0.1, -0.05) is 0 Å². The summed E-state index contributed by atoms with van der Waals surface area (Å²) in [6, 6.07) is 0. The molecule has 0 radical (unpaired) electrons. The molecule has 102 valence electrons. The zero-order chi connectivity index (χ0) is 13.4. The number of nitrogens with zero attached hydrogens (tertiary/aromatic N) is 3. The standard InChI is InChI=1S/C12H17N5O2/c13-12-11-10(15-6-16-12)7(1-14-11)2-17-3-8(5-18)9(19)4-17/h1,6,8-9,14,18-19H,2-5H2,(H2,13,15,16)/t8-,9?/m1/s1. The first-order valence-corrected chi connectivity index (χ1v) is 6.26. The van der Waals surface area contributed by atoms with Gasteiger partial charge in [-0.05, 0) is 0 Å². The molecular weight excluding hydrogens is 246 g/mol. The van der Waals surface area contributed by atoms with Crippen LogP contribution in [0, 0.1) is 5.92 Å². The molecule has 19 heavy (non-hydrogen) atoms. The third-order valence-electron chi connectivity index (χ3n) is 3.68. The van der Waals surface area contributed by atoms with Crippen LogP contribution in [0.25, 0.3) is 11.0 Å². The fraction of sp³-hybridized carbons (Fsp3) is 0.500. The van der Waals surface area contributed by atoms with Gasteiger partial charge in [-0.3, -0.25) is 4.90 Å². The molecule has 1 fully saturated rings. The van der Waals surface area contributed by atoms with Crippen molar-refractivity contribution in [2.75, 3.05) is 25.4 Å². The van der Waals surface area contributed by atoms with E-state index in [0.717, 1.165) is 16.6 Å². The van der Waals surface area contributed by atoms with E-state index in [9.17, 15) is 5.11 Å². The van der Waals surface area contributed by atoms with E-state index in [0.29, 0.717) is 25.5 Å². The van der Waals surface area contributed by atoms with E-state index in [4.69, 9.17) is 10.8 Å². The van der Waals surface area contributed by atoms with Gasteiger partial charge in [0.15, 0.2) is 5.82 Å². The van der Waals surface area contributed by atoms with Crippen LogP contribution >= 0.6 is 0 Å². The predicted octanol–water partition coefficient (Wildman–Crippen LogP) is -0.675. The van der Waals surface area contributed by atoms with Gasteiger partial charge in [0.1, 0.15) is 11.8 Å². The lowest BCUT2D eigenvalue weighted by molar-refractivity contribution is 0.103. The van der Waals surface area contributed by atoms with Crippen LogP contribution < -0.4 is 5.73 Å². The van der Waals surface area contributed by atoms with Crippen LogP contribution in [0.3, 0.4) is 0 Å². The normalized spacial score (nSPS) is 24.3. The molecule has 0 aromatic carbocycles. The Balaban J connectivity index is 1.81. The van der Waals surface area contributed by atoms with Crippen molar-refractivity contribution in [3.8, 4) is 0 Å². The highest BCUT2D eigenvalue weighted by molar-refractivity contribution is 5.86. The molecule has 3 heterocycles. The highest BCUT2D eigenvalue weighted by Crippen LogP contribution is 2.23. The van der Waals surface area contributed by atoms with Gasteiger partial charge in [-0.25, -0.2) is 9.97 Å². The number of hydrogen-bond acceptors (Lipinski definition) is 6. The third kappa shape index (κ3) is 2.16. The summed E-state index contributed by atoms with van der Waals surface area (Å²) in [5.41, 5.74) is 8.36. The monoisotopic (exact) mass is 263 g/mol.